The highest BCUT2D eigenvalue weighted by atomic mass is 19.2. The van der Waals surface area contributed by atoms with E-state index in [-0.39, 0.29) is 5.75 Å². The number of hydrogen-bond donors (Lipinski definition) is 1. The molecule has 0 atom stereocenters. The van der Waals surface area contributed by atoms with Crippen LogP contribution in [-0.4, -0.2) is 11.5 Å². The Hall–Kier alpha value is -2.17. The fourth-order valence-electron chi connectivity index (χ4n) is 1.50. The van der Waals surface area contributed by atoms with Gasteiger partial charge in [0, 0.05) is 24.9 Å². The standard InChI is InChI=1S/C14H14F2N2O/c1-2-6-17-14-9-11(5-7-18-14)19-10-3-4-12(15)13(16)8-10/h3-5,7-9H,2,6H2,1H3,(H,17,18). The van der Waals surface area contributed by atoms with Gasteiger partial charge in [0.1, 0.15) is 17.3 Å². The minimum Gasteiger partial charge on any atom is -0.457 e. The second-order valence-corrected chi connectivity index (χ2v) is 3.98. The number of benzene rings is 1. The molecule has 0 spiro atoms. The predicted octanol–water partition coefficient (Wildman–Crippen LogP) is 3.97. The summed E-state index contributed by atoms with van der Waals surface area (Å²) < 4.78 is 31.3. The number of rotatable bonds is 5. The van der Waals surface area contributed by atoms with E-state index in [1.807, 2.05) is 0 Å². The van der Waals surface area contributed by atoms with Gasteiger partial charge in [0.2, 0.25) is 0 Å². The van der Waals surface area contributed by atoms with Gasteiger partial charge in [-0.15, -0.1) is 0 Å². The molecular weight excluding hydrogens is 250 g/mol. The van der Waals surface area contributed by atoms with Crippen molar-refractivity contribution in [3.8, 4) is 11.5 Å². The number of anilines is 1. The smallest absolute Gasteiger partial charge is 0.162 e. The molecule has 0 radical (unpaired) electrons. The van der Waals surface area contributed by atoms with Crippen molar-refractivity contribution in [3.05, 3.63) is 48.2 Å². The van der Waals surface area contributed by atoms with Crippen LogP contribution in [0.15, 0.2) is 36.5 Å². The summed E-state index contributed by atoms with van der Waals surface area (Å²) in [7, 11) is 0. The number of nitrogens with one attached hydrogen (secondary N) is 1. The number of aromatic nitrogens is 1. The zero-order valence-corrected chi connectivity index (χ0v) is 10.5. The van der Waals surface area contributed by atoms with Gasteiger partial charge in [0.25, 0.3) is 0 Å². The topological polar surface area (TPSA) is 34.1 Å². The van der Waals surface area contributed by atoms with E-state index in [1.165, 1.54) is 6.07 Å². The second kappa shape index (κ2) is 6.13. The van der Waals surface area contributed by atoms with Gasteiger partial charge in [0.15, 0.2) is 11.6 Å². The van der Waals surface area contributed by atoms with Crippen molar-refractivity contribution in [2.24, 2.45) is 0 Å². The molecule has 1 heterocycles. The van der Waals surface area contributed by atoms with Crippen molar-refractivity contribution in [1.82, 2.24) is 4.98 Å². The molecule has 0 aliphatic rings. The molecule has 0 bridgehead atoms. The van der Waals surface area contributed by atoms with Crippen LogP contribution in [0.25, 0.3) is 0 Å². The third-order valence-corrected chi connectivity index (χ3v) is 2.41. The molecule has 100 valence electrons. The van der Waals surface area contributed by atoms with E-state index in [4.69, 9.17) is 4.74 Å². The molecule has 1 aromatic heterocycles. The van der Waals surface area contributed by atoms with Crippen LogP contribution in [0.2, 0.25) is 0 Å². The molecule has 0 unspecified atom stereocenters. The van der Waals surface area contributed by atoms with Crippen molar-refractivity contribution >= 4 is 5.82 Å². The van der Waals surface area contributed by atoms with Gasteiger partial charge in [0.05, 0.1) is 0 Å². The van der Waals surface area contributed by atoms with E-state index < -0.39 is 11.6 Å². The fraction of sp³-hybridized carbons (Fsp3) is 0.214. The molecule has 1 N–H and O–H groups in total. The predicted molar refractivity (Wildman–Crippen MR) is 69.4 cm³/mol. The minimum absolute atomic E-state index is 0.242. The highest BCUT2D eigenvalue weighted by Crippen LogP contribution is 2.24. The molecule has 0 aliphatic heterocycles. The molecule has 1 aromatic carbocycles. The van der Waals surface area contributed by atoms with E-state index in [0.717, 1.165) is 25.1 Å². The first-order valence-corrected chi connectivity index (χ1v) is 6.02. The summed E-state index contributed by atoms with van der Waals surface area (Å²) in [4.78, 5) is 4.13. The maximum Gasteiger partial charge on any atom is 0.162 e. The molecule has 0 aliphatic carbocycles. The third-order valence-electron chi connectivity index (χ3n) is 2.41. The normalized spacial score (nSPS) is 10.3. The Morgan fingerprint density at radius 1 is 1.11 bits per heavy atom. The Balaban J connectivity index is 2.11. The van der Waals surface area contributed by atoms with Crippen LogP contribution in [0.3, 0.4) is 0 Å². The van der Waals surface area contributed by atoms with Crippen molar-refractivity contribution < 1.29 is 13.5 Å². The number of pyridine rings is 1. The van der Waals surface area contributed by atoms with Crippen molar-refractivity contribution in [2.75, 3.05) is 11.9 Å². The summed E-state index contributed by atoms with van der Waals surface area (Å²) >= 11 is 0. The molecule has 0 fully saturated rings. The van der Waals surface area contributed by atoms with Crippen molar-refractivity contribution in [3.63, 3.8) is 0 Å². The van der Waals surface area contributed by atoms with Crippen LogP contribution in [-0.2, 0) is 0 Å². The summed E-state index contributed by atoms with van der Waals surface area (Å²) in [5.74, 6) is -0.392. The quantitative estimate of drug-likeness (QED) is 0.887. The number of ether oxygens (including phenoxy) is 1. The second-order valence-electron chi connectivity index (χ2n) is 3.98. The first kappa shape index (κ1) is 13.3. The van der Waals surface area contributed by atoms with E-state index in [0.29, 0.717) is 11.6 Å². The van der Waals surface area contributed by atoms with Gasteiger partial charge in [-0.3, -0.25) is 0 Å². The first-order valence-electron chi connectivity index (χ1n) is 6.02. The summed E-state index contributed by atoms with van der Waals surface area (Å²) in [6, 6.07) is 6.77. The summed E-state index contributed by atoms with van der Waals surface area (Å²) in [5, 5.41) is 3.12. The van der Waals surface area contributed by atoms with Crippen LogP contribution < -0.4 is 10.1 Å². The van der Waals surface area contributed by atoms with Crippen molar-refractivity contribution in [1.29, 1.82) is 0 Å². The number of hydrogen-bond acceptors (Lipinski definition) is 3. The molecule has 0 amide bonds. The van der Waals surface area contributed by atoms with Crippen LogP contribution in [0.5, 0.6) is 11.5 Å². The molecule has 2 rings (SSSR count). The number of halogens is 2. The lowest BCUT2D eigenvalue weighted by Gasteiger charge is -2.08. The lowest BCUT2D eigenvalue weighted by molar-refractivity contribution is 0.461. The molecule has 0 saturated carbocycles. The lowest BCUT2D eigenvalue weighted by Crippen LogP contribution is -2.01. The molecule has 19 heavy (non-hydrogen) atoms. The van der Waals surface area contributed by atoms with Gasteiger partial charge >= 0.3 is 0 Å². The molecular formula is C14H14F2N2O. The van der Waals surface area contributed by atoms with Crippen molar-refractivity contribution in [2.45, 2.75) is 13.3 Å². The monoisotopic (exact) mass is 264 g/mol. The van der Waals surface area contributed by atoms with Crippen LogP contribution in [0.4, 0.5) is 14.6 Å². The SMILES string of the molecule is CCCNc1cc(Oc2ccc(F)c(F)c2)ccn1. The van der Waals surface area contributed by atoms with Gasteiger partial charge in [-0.2, -0.15) is 0 Å². The summed E-state index contributed by atoms with van der Waals surface area (Å²) in [5.41, 5.74) is 0. The third kappa shape index (κ3) is 3.64. The Bertz CT molecular complexity index is 561. The van der Waals surface area contributed by atoms with E-state index in [2.05, 4.69) is 17.2 Å². The Labute approximate surface area is 110 Å². The Morgan fingerprint density at radius 3 is 2.63 bits per heavy atom. The molecule has 2 aromatic rings. The maximum atomic E-state index is 13.0. The molecule has 5 heteroatoms. The summed E-state index contributed by atoms with van der Waals surface area (Å²) in [6.07, 6.45) is 2.57. The highest BCUT2D eigenvalue weighted by Gasteiger charge is 2.05. The number of nitrogens with zero attached hydrogens (tertiary/aromatic N) is 1. The van der Waals surface area contributed by atoms with E-state index in [1.54, 1.807) is 18.3 Å². The van der Waals surface area contributed by atoms with Crippen LogP contribution in [0.1, 0.15) is 13.3 Å². The van der Waals surface area contributed by atoms with Crippen LogP contribution in [0, 0.1) is 11.6 Å². The van der Waals surface area contributed by atoms with Gasteiger partial charge in [-0.05, 0) is 24.6 Å². The fourth-order valence-corrected chi connectivity index (χ4v) is 1.50. The zero-order chi connectivity index (χ0) is 13.7. The first-order chi connectivity index (χ1) is 9.19. The molecule has 3 nitrogen and oxygen atoms in total. The lowest BCUT2D eigenvalue weighted by atomic mass is 10.3. The van der Waals surface area contributed by atoms with E-state index >= 15 is 0 Å². The zero-order valence-electron chi connectivity index (χ0n) is 10.5. The maximum absolute atomic E-state index is 13.0. The van der Waals surface area contributed by atoms with E-state index in [9.17, 15) is 8.78 Å². The van der Waals surface area contributed by atoms with Crippen LogP contribution >= 0.6 is 0 Å². The Kier molecular flexibility index (Phi) is 4.28. The molecule has 0 saturated heterocycles. The average Bonchev–Trinajstić information content (AvgIpc) is 2.41. The average molecular weight is 264 g/mol. The van der Waals surface area contributed by atoms with Gasteiger partial charge in [-0.25, -0.2) is 13.8 Å². The largest absolute Gasteiger partial charge is 0.457 e. The minimum atomic E-state index is -0.934. The Morgan fingerprint density at radius 2 is 1.89 bits per heavy atom. The van der Waals surface area contributed by atoms with Gasteiger partial charge in [-0.1, -0.05) is 6.92 Å². The van der Waals surface area contributed by atoms with Gasteiger partial charge < -0.3 is 10.1 Å². The highest BCUT2D eigenvalue weighted by molar-refractivity contribution is 5.42. The summed E-state index contributed by atoms with van der Waals surface area (Å²) in [6.45, 7) is 2.86.